The van der Waals surface area contributed by atoms with E-state index >= 15 is 0 Å². The van der Waals surface area contributed by atoms with Gasteiger partial charge >= 0.3 is 0 Å². The Balaban J connectivity index is 1.94. The Morgan fingerprint density at radius 3 is 2.70 bits per heavy atom. The molecular formula is C15H26N4O. The van der Waals surface area contributed by atoms with Gasteiger partial charge in [-0.2, -0.15) is 0 Å². The largest absolute Gasteiger partial charge is 0.378 e. The molecule has 2 heterocycles. The number of hydrogen-bond acceptors (Lipinski definition) is 5. The second-order valence-corrected chi connectivity index (χ2v) is 5.27. The number of rotatable bonds is 6. The topological polar surface area (TPSA) is 59.1 Å². The van der Waals surface area contributed by atoms with Crippen LogP contribution in [0.15, 0.2) is 0 Å². The van der Waals surface area contributed by atoms with Gasteiger partial charge in [-0.3, -0.25) is 0 Å². The van der Waals surface area contributed by atoms with Crippen LogP contribution in [0.5, 0.6) is 0 Å². The molecule has 0 amide bonds. The van der Waals surface area contributed by atoms with E-state index in [1.807, 2.05) is 14.0 Å². The zero-order valence-corrected chi connectivity index (χ0v) is 12.8. The molecule has 2 rings (SSSR count). The van der Waals surface area contributed by atoms with Gasteiger partial charge < -0.3 is 15.4 Å². The summed E-state index contributed by atoms with van der Waals surface area (Å²) >= 11 is 0. The first-order valence-electron chi connectivity index (χ1n) is 7.65. The molecule has 1 aromatic rings. The lowest BCUT2D eigenvalue weighted by molar-refractivity contribution is 0.0134. The van der Waals surface area contributed by atoms with Crippen molar-refractivity contribution in [1.29, 1.82) is 0 Å². The van der Waals surface area contributed by atoms with Crippen LogP contribution < -0.4 is 10.6 Å². The lowest BCUT2D eigenvalue weighted by atomic mass is 10.1. The molecule has 5 nitrogen and oxygen atoms in total. The molecule has 2 N–H and O–H groups in total. The predicted molar refractivity (Wildman–Crippen MR) is 82.4 cm³/mol. The molecule has 20 heavy (non-hydrogen) atoms. The van der Waals surface area contributed by atoms with E-state index in [-0.39, 0.29) is 0 Å². The molecule has 0 aromatic carbocycles. The Labute approximate surface area is 121 Å². The van der Waals surface area contributed by atoms with E-state index in [2.05, 4.69) is 27.5 Å². The van der Waals surface area contributed by atoms with E-state index < -0.39 is 0 Å². The molecule has 1 atom stereocenters. The Morgan fingerprint density at radius 1 is 1.25 bits per heavy atom. The molecule has 1 unspecified atom stereocenters. The van der Waals surface area contributed by atoms with E-state index in [4.69, 9.17) is 4.74 Å². The molecule has 0 saturated carbocycles. The first-order chi connectivity index (χ1) is 9.74. The van der Waals surface area contributed by atoms with Crippen molar-refractivity contribution in [1.82, 2.24) is 9.97 Å². The minimum absolute atomic E-state index is 0.410. The summed E-state index contributed by atoms with van der Waals surface area (Å²) in [6.45, 7) is 5.93. The Bertz CT molecular complexity index is 430. The van der Waals surface area contributed by atoms with Crippen molar-refractivity contribution in [2.45, 2.75) is 52.1 Å². The van der Waals surface area contributed by atoms with Crippen LogP contribution in [0.2, 0.25) is 0 Å². The maximum Gasteiger partial charge on any atom is 0.134 e. The van der Waals surface area contributed by atoms with Gasteiger partial charge in [0.2, 0.25) is 0 Å². The molecule has 0 spiro atoms. The molecule has 0 bridgehead atoms. The van der Waals surface area contributed by atoms with Crippen LogP contribution in [-0.2, 0) is 11.2 Å². The highest BCUT2D eigenvalue weighted by molar-refractivity contribution is 5.56. The second-order valence-electron chi connectivity index (χ2n) is 5.27. The predicted octanol–water partition coefficient (Wildman–Crippen LogP) is 2.76. The highest BCUT2D eigenvalue weighted by Crippen LogP contribution is 2.21. The van der Waals surface area contributed by atoms with Gasteiger partial charge in [0, 0.05) is 32.2 Å². The molecule has 112 valence electrons. The fourth-order valence-electron chi connectivity index (χ4n) is 2.52. The lowest BCUT2D eigenvalue weighted by Crippen LogP contribution is -2.22. The first-order valence-corrected chi connectivity index (χ1v) is 7.65. The van der Waals surface area contributed by atoms with Gasteiger partial charge in [0.25, 0.3) is 0 Å². The summed E-state index contributed by atoms with van der Waals surface area (Å²) in [6, 6.07) is 0. The Hall–Kier alpha value is -1.36. The van der Waals surface area contributed by atoms with Crippen LogP contribution in [0.4, 0.5) is 11.6 Å². The third kappa shape index (κ3) is 3.82. The standard InChI is InChI=1S/C15H26N4O/c1-4-13-18-14(16-3)11(2)15(19-13)17-9-8-12-7-5-6-10-20-12/h12H,4-10H2,1-3H3,(H2,16,17,18,19). The van der Waals surface area contributed by atoms with Gasteiger partial charge in [-0.25, -0.2) is 9.97 Å². The number of anilines is 2. The molecule has 0 radical (unpaired) electrons. The van der Waals surface area contributed by atoms with E-state index in [0.29, 0.717) is 6.10 Å². The summed E-state index contributed by atoms with van der Waals surface area (Å²) in [5.74, 6) is 2.72. The highest BCUT2D eigenvalue weighted by Gasteiger charge is 2.14. The quantitative estimate of drug-likeness (QED) is 0.838. The molecule has 1 aliphatic heterocycles. The molecule has 5 heteroatoms. The maximum atomic E-state index is 5.75. The smallest absolute Gasteiger partial charge is 0.134 e. The summed E-state index contributed by atoms with van der Waals surface area (Å²) in [7, 11) is 1.90. The monoisotopic (exact) mass is 278 g/mol. The van der Waals surface area contributed by atoms with Crippen molar-refractivity contribution in [3.8, 4) is 0 Å². The summed E-state index contributed by atoms with van der Waals surface area (Å²) in [5, 5.41) is 6.57. The maximum absolute atomic E-state index is 5.75. The summed E-state index contributed by atoms with van der Waals surface area (Å²) < 4.78 is 5.75. The van der Waals surface area contributed by atoms with Crippen LogP contribution in [-0.4, -0.2) is 36.3 Å². The number of aryl methyl sites for hydroxylation is 1. The van der Waals surface area contributed by atoms with Crippen LogP contribution in [0.25, 0.3) is 0 Å². The van der Waals surface area contributed by atoms with Gasteiger partial charge in [0.1, 0.15) is 17.5 Å². The van der Waals surface area contributed by atoms with Crippen molar-refractivity contribution in [3.05, 3.63) is 11.4 Å². The molecule has 0 aliphatic carbocycles. The zero-order chi connectivity index (χ0) is 14.4. The number of hydrogen-bond donors (Lipinski definition) is 2. The number of ether oxygens (including phenoxy) is 1. The fourth-order valence-corrected chi connectivity index (χ4v) is 2.52. The Kier molecular flexibility index (Phi) is 5.59. The van der Waals surface area contributed by atoms with Crippen LogP contribution in [0, 0.1) is 6.92 Å². The lowest BCUT2D eigenvalue weighted by Gasteiger charge is -2.23. The average molecular weight is 278 g/mol. The molecule has 1 aromatic heterocycles. The molecule has 1 fully saturated rings. The number of aromatic nitrogens is 2. The van der Waals surface area contributed by atoms with Gasteiger partial charge in [-0.1, -0.05) is 6.92 Å². The SMILES string of the molecule is CCc1nc(NC)c(C)c(NCCC2CCCCO2)n1. The van der Waals surface area contributed by atoms with Crippen molar-refractivity contribution in [2.75, 3.05) is 30.8 Å². The third-order valence-electron chi connectivity index (χ3n) is 3.78. The normalized spacial score (nSPS) is 18.9. The average Bonchev–Trinajstić information content (AvgIpc) is 2.50. The number of nitrogens with zero attached hydrogens (tertiary/aromatic N) is 2. The van der Waals surface area contributed by atoms with E-state index in [0.717, 1.165) is 49.0 Å². The fraction of sp³-hybridized carbons (Fsp3) is 0.733. The van der Waals surface area contributed by atoms with Crippen LogP contribution >= 0.6 is 0 Å². The molecular weight excluding hydrogens is 252 g/mol. The van der Waals surface area contributed by atoms with Crippen LogP contribution in [0.1, 0.15) is 44.0 Å². The Morgan fingerprint density at radius 2 is 2.05 bits per heavy atom. The summed E-state index contributed by atoms with van der Waals surface area (Å²) in [4.78, 5) is 9.06. The number of nitrogens with one attached hydrogen (secondary N) is 2. The van der Waals surface area contributed by atoms with Gasteiger partial charge in [-0.15, -0.1) is 0 Å². The van der Waals surface area contributed by atoms with Crippen molar-refractivity contribution in [3.63, 3.8) is 0 Å². The van der Waals surface area contributed by atoms with E-state index in [9.17, 15) is 0 Å². The first kappa shape index (κ1) is 15.0. The highest BCUT2D eigenvalue weighted by atomic mass is 16.5. The van der Waals surface area contributed by atoms with E-state index in [1.54, 1.807) is 0 Å². The molecule has 1 saturated heterocycles. The van der Waals surface area contributed by atoms with Gasteiger partial charge in [-0.05, 0) is 32.6 Å². The van der Waals surface area contributed by atoms with Gasteiger partial charge in [0.05, 0.1) is 6.10 Å². The van der Waals surface area contributed by atoms with Crippen molar-refractivity contribution < 1.29 is 4.74 Å². The second kappa shape index (κ2) is 7.43. The van der Waals surface area contributed by atoms with Gasteiger partial charge in [0.15, 0.2) is 0 Å². The molecule has 1 aliphatic rings. The summed E-state index contributed by atoms with van der Waals surface area (Å²) in [6.07, 6.45) is 5.98. The minimum Gasteiger partial charge on any atom is -0.378 e. The van der Waals surface area contributed by atoms with E-state index in [1.165, 1.54) is 19.3 Å². The minimum atomic E-state index is 0.410. The van der Waals surface area contributed by atoms with Crippen LogP contribution in [0.3, 0.4) is 0 Å². The van der Waals surface area contributed by atoms with Crippen molar-refractivity contribution in [2.24, 2.45) is 0 Å². The third-order valence-corrected chi connectivity index (χ3v) is 3.78. The zero-order valence-electron chi connectivity index (χ0n) is 12.8. The van der Waals surface area contributed by atoms with Crippen molar-refractivity contribution >= 4 is 11.6 Å². The summed E-state index contributed by atoms with van der Waals surface area (Å²) in [5.41, 5.74) is 1.08.